The van der Waals surface area contributed by atoms with Gasteiger partial charge in [-0.1, -0.05) is 39.5 Å². The first kappa shape index (κ1) is 27.7. The molecule has 0 aliphatic carbocycles. The van der Waals surface area contributed by atoms with Crippen molar-refractivity contribution >= 4 is 17.7 Å². The normalized spacial score (nSPS) is 11.2. The van der Waals surface area contributed by atoms with Crippen LogP contribution in [0.15, 0.2) is 24.3 Å². The van der Waals surface area contributed by atoms with Crippen LogP contribution in [0.5, 0.6) is 5.75 Å². The van der Waals surface area contributed by atoms with Gasteiger partial charge in [0.05, 0.1) is 20.1 Å². The van der Waals surface area contributed by atoms with E-state index in [1.165, 1.54) is 32.8 Å². The fraction of sp³-hybridized carbons (Fsp3) is 0.652. The van der Waals surface area contributed by atoms with Gasteiger partial charge >= 0.3 is 12.0 Å². The van der Waals surface area contributed by atoms with E-state index in [0.717, 1.165) is 12.2 Å². The number of urea groups is 1. The molecule has 7 nitrogen and oxygen atoms in total. The zero-order chi connectivity index (χ0) is 22.8. The van der Waals surface area contributed by atoms with Gasteiger partial charge in [0.1, 0.15) is 5.75 Å². The quantitative estimate of drug-likeness (QED) is 0.377. The molecule has 172 valence electrons. The van der Waals surface area contributed by atoms with Crippen molar-refractivity contribution in [2.75, 3.05) is 40.2 Å². The molecular weight excluding hydrogens is 382 g/mol. The predicted octanol–water partition coefficient (Wildman–Crippen LogP) is 4.68. The molecule has 0 radical (unpaired) electrons. The van der Waals surface area contributed by atoms with E-state index >= 15 is 0 Å². The maximum atomic E-state index is 12.0. The van der Waals surface area contributed by atoms with E-state index in [2.05, 4.69) is 22.3 Å². The van der Waals surface area contributed by atoms with E-state index < -0.39 is 0 Å². The number of unbranched alkanes of at least 4 members (excludes halogenated alkanes) is 4. The molecular formula is C23H41N3O4. The molecule has 1 aromatic rings. The molecule has 0 saturated carbocycles. The highest BCUT2D eigenvalue weighted by molar-refractivity contribution is 5.89. The van der Waals surface area contributed by atoms with Crippen LogP contribution in [-0.2, 0) is 9.53 Å². The molecule has 2 amide bonds. The summed E-state index contributed by atoms with van der Waals surface area (Å²) in [5.41, 5.74) is 0.672. The van der Waals surface area contributed by atoms with Crippen LogP contribution in [0.1, 0.15) is 58.8 Å². The van der Waals surface area contributed by atoms with E-state index in [1.807, 2.05) is 45.1 Å². The number of nitrogens with one attached hydrogen (secondary N) is 2. The molecule has 1 unspecified atom stereocenters. The van der Waals surface area contributed by atoms with Crippen molar-refractivity contribution in [3.63, 3.8) is 0 Å². The average Bonchev–Trinajstić information content (AvgIpc) is 2.70. The smallest absolute Gasteiger partial charge is 0.319 e. The van der Waals surface area contributed by atoms with E-state index in [9.17, 15) is 9.59 Å². The summed E-state index contributed by atoms with van der Waals surface area (Å²) in [7, 11) is 7.34. The molecule has 0 bridgehead atoms. The van der Waals surface area contributed by atoms with Gasteiger partial charge in [0.2, 0.25) is 0 Å². The fourth-order valence-corrected chi connectivity index (χ4v) is 2.46. The Hall–Kier alpha value is -2.28. The molecule has 0 fully saturated rings. The maximum Gasteiger partial charge on any atom is 0.319 e. The number of rotatable bonds is 12. The van der Waals surface area contributed by atoms with Crippen LogP contribution in [0.3, 0.4) is 0 Å². The highest BCUT2D eigenvalue weighted by atomic mass is 16.5. The zero-order valence-corrected chi connectivity index (χ0v) is 19.6. The molecule has 0 aliphatic heterocycles. The standard InChI is InChI=1S/C20H32N2O4.C3H9N/c1-4-6-7-8-9-14-26-18-12-10-17(11-13-18)22-20(24)21-16(5-2)15-19(23)25-3;1-4(2)3/h10-13,16H,4-9,14-15H2,1-3H3,(H2,21,22,24);1-3H3. The summed E-state index contributed by atoms with van der Waals surface area (Å²) >= 11 is 0. The Morgan fingerprint density at radius 1 is 1.00 bits per heavy atom. The van der Waals surface area contributed by atoms with Crippen molar-refractivity contribution < 1.29 is 19.1 Å². The SMILES string of the molecule is CCCCCCCOc1ccc(NC(=O)NC(CC)CC(=O)OC)cc1.CN(C)C. The van der Waals surface area contributed by atoms with Crippen LogP contribution in [0.25, 0.3) is 0 Å². The number of anilines is 1. The van der Waals surface area contributed by atoms with Gasteiger partial charge in [0, 0.05) is 11.7 Å². The van der Waals surface area contributed by atoms with Gasteiger partial charge < -0.3 is 25.0 Å². The van der Waals surface area contributed by atoms with Crippen molar-refractivity contribution in [2.24, 2.45) is 0 Å². The highest BCUT2D eigenvalue weighted by Gasteiger charge is 2.15. The minimum Gasteiger partial charge on any atom is -0.494 e. The highest BCUT2D eigenvalue weighted by Crippen LogP contribution is 2.16. The summed E-state index contributed by atoms with van der Waals surface area (Å²) in [5, 5.41) is 5.53. The number of amides is 2. The van der Waals surface area contributed by atoms with Crippen LogP contribution in [0, 0.1) is 0 Å². The lowest BCUT2D eigenvalue weighted by molar-refractivity contribution is -0.141. The molecule has 0 saturated heterocycles. The molecule has 0 aromatic heterocycles. The van der Waals surface area contributed by atoms with Crippen LogP contribution in [0.4, 0.5) is 10.5 Å². The molecule has 30 heavy (non-hydrogen) atoms. The number of ether oxygens (including phenoxy) is 2. The number of hydrogen-bond donors (Lipinski definition) is 2. The number of benzene rings is 1. The molecule has 1 rings (SSSR count). The van der Waals surface area contributed by atoms with E-state index in [-0.39, 0.29) is 24.5 Å². The van der Waals surface area contributed by atoms with Crippen LogP contribution >= 0.6 is 0 Å². The first-order chi connectivity index (χ1) is 14.3. The number of esters is 1. The molecule has 1 aromatic carbocycles. The van der Waals surface area contributed by atoms with Crippen molar-refractivity contribution in [3.05, 3.63) is 24.3 Å². The van der Waals surface area contributed by atoms with Crippen molar-refractivity contribution in [3.8, 4) is 5.75 Å². The Balaban J connectivity index is 0.00000192. The third-order valence-electron chi connectivity index (χ3n) is 4.10. The molecule has 2 N–H and O–H groups in total. The zero-order valence-electron chi connectivity index (χ0n) is 19.6. The number of hydrogen-bond acceptors (Lipinski definition) is 5. The summed E-state index contributed by atoms with van der Waals surface area (Å²) in [5.74, 6) is 0.455. The van der Waals surface area contributed by atoms with Crippen LogP contribution in [-0.4, -0.2) is 57.8 Å². The third kappa shape index (κ3) is 15.6. The molecule has 0 spiro atoms. The predicted molar refractivity (Wildman–Crippen MR) is 123 cm³/mol. The first-order valence-corrected chi connectivity index (χ1v) is 10.8. The summed E-state index contributed by atoms with van der Waals surface area (Å²) in [6.45, 7) is 4.82. The van der Waals surface area contributed by atoms with Gasteiger partial charge in [-0.05, 0) is 58.3 Å². The number of nitrogens with zero attached hydrogens (tertiary/aromatic N) is 1. The van der Waals surface area contributed by atoms with Crippen LogP contribution in [0.2, 0.25) is 0 Å². The van der Waals surface area contributed by atoms with Gasteiger partial charge in [0.25, 0.3) is 0 Å². The topological polar surface area (TPSA) is 79.9 Å². The number of methoxy groups -OCH3 is 1. The first-order valence-electron chi connectivity index (χ1n) is 10.8. The summed E-state index contributed by atoms with van der Waals surface area (Å²) in [4.78, 5) is 25.3. The van der Waals surface area contributed by atoms with Gasteiger partial charge in [-0.3, -0.25) is 4.79 Å². The summed E-state index contributed by atoms with van der Waals surface area (Å²) < 4.78 is 10.3. The Morgan fingerprint density at radius 2 is 1.60 bits per heavy atom. The largest absolute Gasteiger partial charge is 0.494 e. The molecule has 0 aliphatic rings. The number of carbonyl (C=O) groups excluding carboxylic acids is 2. The van der Waals surface area contributed by atoms with Crippen LogP contribution < -0.4 is 15.4 Å². The van der Waals surface area contributed by atoms with Gasteiger partial charge in [-0.25, -0.2) is 4.79 Å². The average molecular weight is 424 g/mol. The Bertz CT molecular complexity index is 574. The van der Waals surface area contributed by atoms with Crippen molar-refractivity contribution in [2.45, 2.75) is 64.8 Å². The Morgan fingerprint density at radius 3 is 2.13 bits per heavy atom. The Labute approximate surface area is 182 Å². The lowest BCUT2D eigenvalue weighted by Crippen LogP contribution is -2.39. The van der Waals surface area contributed by atoms with E-state index in [0.29, 0.717) is 18.7 Å². The summed E-state index contributed by atoms with van der Waals surface area (Å²) in [6, 6.07) is 6.68. The van der Waals surface area contributed by atoms with E-state index in [4.69, 9.17) is 4.74 Å². The minimum absolute atomic E-state index is 0.158. The summed E-state index contributed by atoms with van der Waals surface area (Å²) in [6.07, 6.45) is 6.83. The van der Waals surface area contributed by atoms with Crippen molar-refractivity contribution in [1.82, 2.24) is 10.2 Å². The lowest BCUT2D eigenvalue weighted by Gasteiger charge is -2.16. The monoisotopic (exact) mass is 423 g/mol. The number of carbonyl (C=O) groups is 2. The molecule has 7 heteroatoms. The van der Waals surface area contributed by atoms with Gasteiger partial charge in [-0.15, -0.1) is 0 Å². The second-order valence-electron chi connectivity index (χ2n) is 7.61. The van der Waals surface area contributed by atoms with Crippen molar-refractivity contribution in [1.29, 1.82) is 0 Å². The maximum absolute atomic E-state index is 12.0. The minimum atomic E-state index is -0.342. The fourth-order valence-electron chi connectivity index (χ4n) is 2.46. The Kier molecular flexibility index (Phi) is 16.2. The second kappa shape index (κ2) is 17.6. The second-order valence-corrected chi connectivity index (χ2v) is 7.61. The molecule has 1 atom stereocenters. The van der Waals surface area contributed by atoms with Gasteiger partial charge in [-0.2, -0.15) is 0 Å². The molecule has 0 heterocycles. The van der Waals surface area contributed by atoms with E-state index in [1.54, 1.807) is 12.1 Å². The van der Waals surface area contributed by atoms with Gasteiger partial charge in [0.15, 0.2) is 0 Å². The third-order valence-corrected chi connectivity index (χ3v) is 4.10. The lowest BCUT2D eigenvalue weighted by atomic mass is 10.1.